The summed E-state index contributed by atoms with van der Waals surface area (Å²) in [5, 5.41) is 8.54. The third-order valence-corrected chi connectivity index (χ3v) is 4.25. The van der Waals surface area contributed by atoms with Gasteiger partial charge in [0.2, 0.25) is 0 Å². The standard InChI is InChI=1S/C15H20ClN5/c16-14-3-1-2-4-15(14)20-8-5-13(6-9-20)18-7-10-21-12-17-11-19-21/h1-4,11-13,18H,5-10H2. The van der Waals surface area contributed by atoms with Crippen LogP contribution in [0.25, 0.3) is 0 Å². The summed E-state index contributed by atoms with van der Waals surface area (Å²) >= 11 is 6.26. The van der Waals surface area contributed by atoms with Gasteiger partial charge in [0.05, 0.1) is 17.3 Å². The number of benzene rings is 1. The van der Waals surface area contributed by atoms with Gasteiger partial charge in [-0.05, 0) is 25.0 Å². The number of nitrogens with zero attached hydrogens (tertiary/aromatic N) is 4. The van der Waals surface area contributed by atoms with E-state index in [1.807, 2.05) is 22.9 Å². The van der Waals surface area contributed by atoms with Crippen molar-refractivity contribution < 1.29 is 0 Å². The molecule has 1 aromatic heterocycles. The number of anilines is 1. The molecule has 5 nitrogen and oxygen atoms in total. The Morgan fingerprint density at radius 1 is 1.24 bits per heavy atom. The van der Waals surface area contributed by atoms with E-state index in [0.717, 1.165) is 49.7 Å². The number of para-hydroxylation sites is 1. The Balaban J connectivity index is 1.44. The van der Waals surface area contributed by atoms with Crippen LogP contribution in [-0.2, 0) is 6.54 Å². The van der Waals surface area contributed by atoms with Gasteiger partial charge in [-0.1, -0.05) is 23.7 Å². The maximum Gasteiger partial charge on any atom is 0.137 e. The van der Waals surface area contributed by atoms with Crippen molar-refractivity contribution in [2.24, 2.45) is 0 Å². The number of halogens is 1. The van der Waals surface area contributed by atoms with E-state index in [-0.39, 0.29) is 0 Å². The summed E-state index contributed by atoms with van der Waals surface area (Å²) in [7, 11) is 0. The highest BCUT2D eigenvalue weighted by Crippen LogP contribution is 2.27. The van der Waals surface area contributed by atoms with E-state index >= 15 is 0 Å². The Labute approximate surface area is 129 Å². The van der Waals surface area contributed by atoms with Crippen LogP contribution in [0.4, 0.5) is 5.69 Å². The molecule has 0 spiro atoms. The predicted molar refractivity (Wildman–Crippen MR) is 84.7 cm³/mol. The number of aromatic nitrogens is 3. The highest BCUT2D eigenvalue weighted by atomic mass is 35.5. The summed E-state index contributed by atoms with van der Waals surface area (Å²) in [6.07, 6.45) is 5.61. The van der Waals surface area contributed by atoms with Crippen molar-refractivity contribution in [2.75, 3.05) is 24.5 Å². The smallest absolute Gasteiger partial charge is 0.137 e. The molecule has 2 heterocycles. The largest absolute Gasteiger partial charge is 0.370 e. The predicted octanol–water partition coefficient (Wildman–Crippen LogP) is 2.19. The first kappa shape index (κ1) is 14.4. The topological polar surface area (TPSA) is 46.0 Å². The lowest BCUT2D eigenvalue weighted by molar-refractivity contribution is 0.401. The number of nitrogens with one attached hydrogen (secondary N) is 1. The van der Waals surface area contributed by atoms with Crippen LogP contribution in [0.15, 0.2) is 36.9 Å². The van der Waals surface area contributed by atoms with Crippen LogP contribution in [-0.4, -0.2) is 40.4 Å². The van der Waals surface area contributed by atoms with Crippen molar-refractivity contribution in [1.29, 1.82) is 0 Å². The zero-order valence-corrected chi connectivity index (χ0v) is 12.7. The normalized spacial score (nSPS) is 16.3. The van der Waals surface area contributed by atoms with Crippen molar-refractivity contribution in [3.8, 4) is 0 Å². The highest BCUT2D eigenvalue weighted by molar-refractivity contribution is 6.33. The van der Waals surface area contributed by atoms with Gasteiger partial charge in [0, 0.05) is 25.7 Å². The van der Waals surface area contributed by atoms with E-state index in [4.69, 9.17) is 11.6 Å². The Hall–Kier alpha value is -1.59. The van der Waals surface area contributed by atoms with Crippen molar-refractivity contribution >= 4 is 17.3 Å². The fraction of sp³-hybridized carbons (Fsp3) is 0.467. The maximum absolute atomic E-state index is 6.26. The van der Waals surface area contributed by atoms with Crippen LogP contribution in [0.1, 0.15) is 12.8 Å². The first-order valence-corrected chi connectivity index (χ1v) is 7.76. The van der Waals surface area contributed by atoms with Gasteiger partial charge in [-0.2, -0.15) is 5.10 Å². The summed E-state index contributed by atoms with van der Waals surface area (Å²) < 4.78 is 1.85. The third-order valence-electron chi connectivity index (χ3n) is 3.93. The minimum absolute atomic E-state index is 0.576. The van der Waals surface area contributed by atoms with Gasteiger partial charge in [-0.25, -0.2) is 4.98 Å². The first-order valence-electron chi connectivity index (χ1n) is 7.38. The molecular formula is C15H20ClN5. The van der Waals surface area contributed by atoms with Crippen molar-refractivity contribution in [3.63, 3.8) is 0 Å². The molecule has 1 fully saturated rings. The van der Waals surface area contributed by atoms with E-state index in [1.54, 1.807) is 12.7 Å². The summed E-state index contributed by atoms with van der Waals surface area (Å²) in [6, 6.07) is 8.65. The molecule has 0 bridgehead atoms. The summed E-state index contributed by atoms with van der Waals surface area (Å²) in [6.45, 7) is 3.89. The number of hydrogen-bond acceptors (Lipinski definition) is 4. The molecular weight excluding hydrogens is 286 g/mol. The molecule has 6 heteroatoms. The highest BCUT2D eigenvalue weighted by Gasteiger charge is 2.20. The monoisotopic (exact) mass is 305 g/mol. The van der Waals surface area contributed by atoms with Gasteiger partial charge in [0.15, 0.2) is 0 Å². The SMILES string of the molecule is Clc1ccccc1N1CCC(NCCn2cncn2)CC1. The van der Waals surface area contributed by atoms with Gasteiger partial charge in [-0.3, -0.25) is 4.68 Å². The zero-order valence-electron chi connectivity index (χ0n) is 12.0. The minimum Gasteiger partial charge on any atom is -0.370 e. The average molecular weight is 306 g/mol. The number of rotatable bonds is 5. The van der Waals surface area contributed by atoms with E-state index in [1.165, 1.54) is 0 Å². The summed E-state index contributed by atoms with van der Waals surface area (Å²) in [4.78, 5) is 6.32. The van der Waals surface area contributed by atoms with Crippen molar-refractivity contribution in [1.82, 2.24) is 20.1 Å². The lowest BCUT2D eigenvalue weighted by Crippen LogP contribution is -2.43. The van der Waals surface area contributed by atoms with Crippen molar-refractivity contribution in [3.05, 3.63) is 41.9 Å². The molecule has 3 rings (SSSR count). The molecule has 0 atom stereocenters. The van der Waals surface area contributed by atoms with Crippen LogP contribution in [0.5, 0.6) is 0 Å². The molecule has 0 saturated carbocycles. The molecule has 112 valence electrons. The third kappa shape index (κ3) is 3.74. The molecule has 21 heavy (non-hydrogen) atoms. The van der Waals surface area contributed by atoms with Gasteiger partial charge >= 0.3 is 0 Å². The fourth-order valence-electron chi connectivity index (χ4n) is 2.76. The molecule has 1 aromatic carbocycles. The Morgan fingerprint density at radius 3 is 2.76 bits per heavy atom. The molecule has 0 unspecified atom stereocenters. The Bertz CT molecular complexity index is 549. The maximum atomic E-state index is 6.26. The van der Waals surface area contributed by atoms with E-state index in [2.05, 4.69) is 26.4 Å². The molecule has 1 aliphatic rings. The van der Waals surface area contributed by atoms with Gasteiger partial charge < -0.3 is 10.2 Å². The fourth-order valence-corrected chi connectivity index (χ4v) is 3.02. The van der Waals surface area contributed by atoms with Crippen LogP contribution >= 0.6 is 11.6 Å². The second kappa shape index (κ2) is 6.91. The van der Waals surface area contributed by atoms with Gasteiger partial charge in [0.1, 0.15) is 12.7 Å². The van der Waals surface area contributed by atoms with Gasteiger partial charge in [-0.15, -0.1) is 0 Å². The first-order chi connectivity index (χ1) is 10.3. The molecule has 0 radical (unpaired) electrons. The molecule has 0 amide bonds. The lowest BCUT2D eigenvalue weighted by Gasteiger charge is -2.34. The van der Waals surface area contributed by atoms with E-state index in [9.17, 15) is 0 Å². The minimum atomic E-state index is 0.576. The zero-order chi connectivity index (χ0) is 14.5. The Morgan fingerprint density at radius 2 is 2.05 bits per heavy atom. The molecule has 1 aliphatic heterocycles. The second-order valence-corrected chi connectivity index (χ2v) is 5.73. The quantitative estimate of drug-likeness (QED) is 0.920. The van der Waals surface area contributed by atoms with E-state index < -0.39 is 0 Å². The van der Waals surface area contributed by atoms with Crippen molar-refractivity contribution in [2.45, 2.75) is 25.4 Å². The van der Waals surface area contributed by atoms with Crippen LogP contribution < -0.4 is 10.2 Å². The molecule has 2 aromatic rings. The lowest BCUT2D eigenvalue weighted by atomic mass is 10.0. The Kier molecular flexibility index (Phi) is 4.72. The summed E-state index contributed by atoms with van der Waals surface area (Å²) in [5.41, 5.74) is 1.15. The second-order valence-electron chi connectivity index (χ2n) is 5.33. The number of hydrogen-bond donors (Lipinski definition) is 1. The van der Waals surface area contributed by atoms with E-state index in [0.29, 0.717) is 6.04 Å². The number of piperidine rings is 1. The van der Waals surface area contributed by atoms with Gasteiger partial charge in [0.25, 0.3) is 0 Å². The molecule has 0 aliphatic carbocycles. The van der Waals surface area contributed by atoms with Crippen LogP contribution in [0, 0.1) is 0 Å². The molecule has 1 saturated heterocycles. The summed E-state index contributed by atoms with van der Waals surface area (Å²) in [5.74, 6) is 0. The molecule has 1 N–H and O–H groups in total. The average Bonchev–Trinajstić information content (AvgIpc) is 3.02. The van der Waals surface area contributed by atoms with Crippen LogP contribution in [0.3, 0.4) is 0 Å². The van der Waals surface area contributed by atoms with Crippen LogP contribution in [0.2, 0.25) is 5.02 Å².